The quantitative estimate of drug-likeness (QED) is 0.339. The van der Waals surface area contributed by atoms with Gasteiger partial charge < -0.3 is 9.80 Å². The Labute approximate surface area is 232 Å². The molecule has 0 aliphatic carbocycles. The van der Waals surface area contributed by atoms with E-state index in [4.69, 9.17) is 0 Å². The molecule has 4 aromatic rings. The van der Waals surface area contributed by atoms with Gasteiger partial charge >= 0.3 is 6.18 Å². The smallest absolute Gasteiger partial charge is 0.335 e. The summed E-state index contributed by atoms with van der Waals surface area (Å²) in [6, 6.07) is 15.6. The molecular weight excluding hydrogens is 564 g/mol. The van der Waals surface area contributed by atoms with Gasteiger partial charge in [-0.05, 0) is 42.5 Å². The Hall–Kier alpha value is -4.52. The molecule has 0 atom stereocenters. The number of nitrogens with zero attached hydrogens (tertiary/aromatic N) is 3. The van der Waals surface area contributed by atoms with E-state index in [2.05, 4.69) is 4.98 Å². The van der Waals surface area contributed by atoms with Crippen molar-refractivity contribution in [2.24, 2.45) is 0 Å². The Balaban J connectivity index is 1.36. The fourth-order valence-electron chi connectivity index (χ4n) is 4.59. The summed E-state index contributed by atoms with van der Waals surface area (Å²) in [6.45, 7) is 0.148. The summed E-state index contributed by atoms with van der Waals surface area (Å²) in [5, 5.41) is 0.489. The number of alkyl halides is 3. The largest absolute Gasteiger partial charge is 0.418 e. The number of para-hydroxylation sites is 1. The highest BCUT2D eigenvalue weighted by atomic mass is 32.2. The number of benzene rings is 3. The van der Waals surface area contributed by atoms with Gasteiger partial charge in [-0.25, -0.2) is 12.8 Å². The third-order valence-electron chi connectivity index (χ3n) is 6.66. The number of aromatic nitrogens is 1. The summed E-state index contributed by atoms with van der Waals surface area (Å²) in [5.74, 6) is -1.95. The first-order valence-corrected chi connectivity index (χ1v) is 13.8. The average molecular weight is 587 g/mol. The van der Waals surface area contributed by atoms with Crippen LogP contribution in [0.1, 0.15) is 26.3 Å². The molecule has 1 N–H and O–H groups in total. The summed E-state index contributed by atoms with van der Waals surface area (Å²) in [4.78, 5) is 32.1. The number of carbonyl (C=O) groups is 2. The van der Waals surface area contributed by atoms with Crippen molar-refractivity contribution in [3.05, 3.63) is 102 Å². The maximum Gasteiger partial charge on any atom is 0.418 e. The van der Waals surface area contributed by atoms with Crippen molar-refractivity contribution in [3.63, 3.8) is 0 Å². The van der Waals surface area contributed by atoms with Crippen molar-refractivity contribution in [2.45, 2.75) is 11.1 Å². The van der Waals surface area contributed by atoms with E-state index in [0.29, 0.717) is 11.5 Å². The number of amides is 2. The highest BCUT2D eigenvalue weighted by Crippen LogP contribution is 2.37. The predicted octanol–water partition coefficient (Wildman–Crippen LogP) is 4.79. The average Bonchev–Trinajstić information content (AvgIpc) is 2.96. The van der Waals surface area contributed by atoms with Crippen LogP contribution in [0.3, 0.4) is 0 Å². The van der Waals surface area contributed by atoms with Crippen LogP contribution in [0, 0.1) is 5.82 Å². The van der Waals surface area contributed by atoms with E-state index in [-0.39, 0.29) is 47.7 Å². The monoisotopic (exact) mass is 586 g/mol. The van der Waals surface area contributed by atoms with Gasteiger partial charge in [0.25, 0.3) is 21.8 Å². The number of sulfonamides is 1. The van der Waals surface area contributed by atoms with Gasteiger partial charge in [0, 0.05) is 43.3 Å². The van der Waals surface area contributed by atoms with Crippen molar-refractivity contribution in [2.75, 3.05) is 30.9 Å². The molecule has 2 heterocycles. The molecule has 3 aromatic carbocycles. The zero-order chi connectivity index (χ0) is 29.4. The van der Waals surface area contributed by atoms with Crippen LogP contribution in [-0.2, 0) is 16.2 Å². The lowest BCUT2D eigenvalue weighted by atomic mass is 10.1. The maximum absolute atomic E-state index is 14.1. The third kappa shape index (κ3) is 5.71. The van der Waals surface area contributed by atoms with E-state index in [0.717, 1.165) is 18.2 Å². The molecule has 0 radical (unpaired) electrons. The number of carbonyl (C=O) groups excluding carboxylic acids is 2. The molecule has 0 bridgehead atoms. The SMILES string of the molecule is O=C(c1ccc(NS(=O)(=O)c2cccc3cccnc23)c(C(F)(F)F)c1)N1CCN(C(=O)c2ccccc2F)CC1. The van der Waals surface area contributed by atoms with Crippen molar-refractivity contribution >= 4 is 38.4 Å². The molecule has 212 valence electrons. The lowest BCUT2D eigenvalue weighted by Gasteiger charge is -2.35. The lowest BCUT2D eigenvalue weighted by Crippen LogP contribution is -2.50. The van der Waals surface area contributed by atoms with E-state index in [1.165, 1.54) is 46.3 Å². The van der Waals surface area contributed by atoms with E-state index in [1.54, 1.807) is 18.2 Å². The number of rotatable bonds is 5. The second kappa shape index (κ2) is 10.8. The van der Waals surface area contributed by atoms with Gasteiger partial charge in [0.1, 0.15) is 10.7 Å². The number of piperazine rings is 1. The van der Waals surface area contributed by atoms with Crippen LogP contribution in [0.15, 0.2) is 83.9 Å². The zero-order valence-electron chi connectivity index (χ0n) is 21.2. The Morgan fingerprint density at radius 2 is 1.49 bits per heavy atom. The predicted molar refractivity (Wildman–Crippen MR) is 142 cm³/mol. The fourth-order valence-corrected chi connectivity index (χ4v) is 5.85. The molecule has 5 rings (SSSR count). The van der Waals surface area contributed by atoms with Gasteiger partial charge in [-0.3, -0.25) is 19.3 Å². The highest BCUT2D eigenvalue weighted by molar-refractivity contribution is 7.93. The van der Waals surface area contributed by atoms with Gasteiger partial charge in [-0.1, -0.05) is 30.3 Å². The first-order valence-electron chi connectivity index (χ1n) is 12.4. The van der Waals surface area contributed by atoms with Gasteiger partial charge in [0.2, 0.25) is 0 Å². The number of halogens is 4. The van der Waals surface area contributed by atoms with Crippen LogP contribution < -0.4 is 4.72 Å². The van der Waals surface area contributed by atoms with Gasteiger partial charge in [0.15, 0.2) is 0 Å². The molecule has 0 spiro atoms. The maximum atomic E-state index is 14.1. The normalized spacial score (nSPS) is 14.2. The molecular formula is C28H22F4N4O4S. The minimum atomic E-state index is -4.99. The van der Waals surface area contributed by atoms with E-state index in [1.807, 2.05) is 4.72 Å². The Bertz CT molecular complexity index is 1750. The Morgan fingerprint density at radius 3 is 2.17 bits per heavy atom. The summed E-state index contributed by atoms with van der Waals surface area (Å²) in [5.41, 5.74) is -2.41. The molecule has 1 aliphatic heterocycles. The fraction of sp³-hybridized carbons (Fsp3) is 0.179. The summed E-state index contributed by atoms with van der Waals surface area (Å²) >= 11 is 0. The standard InChI is InChI=1S/C28H22F4N4O4S/c29-22-8-2-1-7-20(22)27(38)36-15-13-35(14-16-36)26(37)19-10-11-23(21(17-19)28(30,31)32)34-41(39,40)24-9-3-5-18-6-4-12-33-25(18)24/h1-12,17,34H,13-16H2. The van der Waals surface area contributed by atoms with Crippen molar-refractivity contribution in [1.29, 1.82) is 0 Å². The molecule has 1 saturated heterocycles. The van der Waals surface area contributed by atoms with Crippen LogP contribution >= 0.6 is 0 Å². The Morgan fingerprint density at radius 1 is 0.829 bits per heavy atom. The summed E-state index contributed by atoms with van der Waals surface area (Å²) in [7, 11) is -4.49. The van der Waals surface area contributed by atoms with Crippen molar-refractivity contribution in [1.82, 2.24) is 14.8 Å². The van der Waals surface area contributed by atoms with Crippen LogP contribution in [0.5, 0.6) is 0 Å². The van der Waals surface area contributed by atoms with Crippen LogP contribution in [0.25, 0.3) is 10.9 Å². The van der Waals surface area contributed by atoms with Gasteiger partial charge in [-0.2, -0.15) is 13.2 Å². The Kier molecular flexibility index (Phi) is 7.39. The second-order valence-electron chi connectivity index (χ2n) is 9.26. The van der Waals surface area contributed by atoms with Crippen molar-refractivity contribution < 1.29 is 35.6 Å². The van der Waals surface area contributed by atoms with Crippen LogP contribution in [0.4, 0.5) is 23.2 Å². The number of fused-ring (bicyclic) bond motifs is 1. The minimum absolute atomic E-state index is 0.0167. The van der Waals surface area contributed by atoms with E-state index >= 15 is 0 Å². The second-order valence-corrected chi connectivity index (χ2v) is 10.9. The lowest BCUT2D eigenvalue weighted by molar-refractivity contribution is -0.136. The molecule has 1 aliphatic rings. The topological polar surface area (TPSA) is 99.7 Å². The molecule has 2 amide bonds. The number of nitrogens with one attached hydrogen (secondary N) is 1. The number of hydrogen-bond acceptors (Lipinski definition) is 5. The minimum Gasteiger partial charge on any atom is -0.335 e. The van der Waals surface area contributed by atoms with E-state index in [9.17, 15) is 35.6 Å². The van der Waals surface area contributed by atoms with Crippen molar-refractivity contribution in [3.8, 4) is 0 Å². The number of pyridine rings is 1. The molecule has 8 nitrogen and oxygen atoms in total. The molecule has 1 aromatic heterocycles. The molecule has 13 heteroatoms. The number of hydrogen-bond donors (Lipinski definition) is 1. The van der Waals surface area contributed by atoms with Gasteiger partial charge in [-0.15, -0.1) is 0 Å². The highest BCUT2D eigenvalue weighted by Gasteiger charge is 2.36. The number of anilines is 1. The third-order valence-corrected chi connectivity index (χ3v) is 8.06. The first kappa shape index (κ1) is 28.0. The van der Waals surface area contributed by atoms with Crippen LogP contribution in [-0.4, -0.2) is 61.2 Å². The molecule has 0 unspecified atom stereocenters. The first-order chi connectivity index (χ1) is 19.5. The van der Waals surface area contributed by atoms with E-state index < -0.39 is 45.1 Å². The summed E-state index contributed by atoms with van der Waals surface area (Å²) in [6.07, 6.45) is -3.62. The van der Waals surface area contributed by atoms with Gasteiger partial charge in [0.05, 0.1) is 22.3 Å². The zero-order valence-corrected chi connectivity index (χ0v) is 22.0. The molecule has 1 fully saturated rings. The molecule has 0 saturated carbocycles. The molecule has 41 heavy (non-hydrogen) atoms. The summed E-state index contributed by atoms with van der Waals surface area (Å²) < 4.78 is 84.4. The van der Waals surface area contributed by atoms with Crippen LogP contribution in [0.2, 0.25) is 0 Å².